The van der Waals surface area contributed by atoms with Gasteiger partial charge >= 0.3 is 0 Å². The van der Waals surface area contributed by atoms with Gasteiger partial charge in [0.1, 0.15) is 18.1 Å². The van der Waals surface area contributed by atoms with Crippen molar-refractivity contribution in [2.45, 2.75) is 90.4 Å². The molecule has 0 saturated heterocycles. The van der Waals surface area contributed by atoms with Crippen molar-refractivity contribution >= 4 is 41.3 Å². The minimum Gasteiger partial charge on any atom is -0.370 e. The van der Waals surface area contributed by atoms with Crippen LogP contribution >= 0.6 is 0 Å². The van der Waals surface area contributed by atoms with Gasteiger partial charge in [-0.05, 0) is 69.0 Å². The molecule has 262 valence electrons. The molecule has 0 aromatic heterocycles. The van der Waals surface area contributed by atoms with Crippen molar-refractivity contribution < 1.29 is 19.2 Å². The van der Waals surface area contributed by atoms with Gasteiger partial charge in [-0.2, -0.15) is 0 Å². The zero-order valence-corrected chi connectivity index (χ0v) is 27.8. The van der Waals surface area contributed by atoms with Crippen molar-refractivity contribution in [1.29, 1.82) is 5.41 Å². The number of amides is 4. The van der Waals surface area contributed by atoms with Crippen molar-refractivity contribution in [3.8, 4) is 0 Å². The van der Waals surface area contributed by atoms with E-state index in [9.17, 15) is 19.2 Å². The number of guanidine groups is 2. The molecule has 0 aliphatic heterocycles. The van der Waals surface area contributed by atoms with E-state index in [2.05, 4.69) is 31.3 Å². The number of rotatable bonds is 22. The number of hydrogen-bond acceptors (Lipinski definition) is 8. The average molecular weight is 659 g/mol. The van der Waals surface area contributed by atoms with Gasteiger partial charge in [-0.25, -0.2) is 0 Å². The van der Waals surface area contributed by atoms with Gasteiger partial charge in [0.25, 0.3) is 0 Å². The highest BCUT2D eigenvalue weighted by molar-refractivity contribution is 5.96. The third kappa shape index (κ3) is 17.0. The first kappa shape index (κ1) is 40.3. The summed E-state index contributed by atoms with van der Waals surface area (Å²) >= 11 is 0. The van der Waals surface area contributed by atoms with Crippen LogP contribution in [0.25, 0.3) is 0 Å². The lowest BCUT2D eigenvalue weighted by Gasteiger charge is -2.27. The number of carbonyl (C=O) groups is 4. The molecule has 47 heavy (non-hydrogen) atoms. The summed E-state index contributed by atoms with van der Waals surface area (Å²) in [5.41, 5.74) is 29.2. The SMILES string of the molecule is CC(=N)c1ccc(CNC(=O)[C@H](CCCN=C(N)N)NC(=O)C(NC(=O)[C@H](CCCN=C(N)N)NC(=O)CCCCN)C(C)C)cc1. The maximum atomic E-state index is 13.6. The lowest BCUT2D eigenvalue weighted by Crippen LogP contribution is -2.58. The fraction of sp³-hybridized carbons (Fsp3) is 0.581. The number of hydrogen-bond donors (Lipinski definition) is 10. The van der Waals surface area contributed by atoms with E-state index >= 15 is 0 Å². The van der Waals surface area contributed by atoms with Crippen LogP contribution in [-0.4, -0.2) is 79.0 Å². The summed E-state index contributed by atoms with van der Waals surface area (Å²) in [5.74, 6) is -2.37. The topological polar surface area (TPSA) is 295 Å². The van der Waals surface area contributed by atoms with Crippen LogP contribution in [0, 0.1) is 11.3 Å². The summed E-state index contributed by atoms with van der Waals surface area (Å²) in [4.78, 5) is 60.7. The number of carbonyl (C=O) groups excluding carboxylic acids is 4. The predicted octanol–water partition coefficient (Wildman–Crippen LogP) is -0.963. The third-order valence-electron chi connectivity index (χ3n) is 7.13. The lowest BCUT2D eigenvalue weighted by atomic mass is 10.0. The van der Waals surface area contributed by atoms with Gasteiger partial charge in [-0.15, -0.1) is 0 Å². The molecule has 16 nitrogen and oxygen atoms in total. The smallest absolute Gasteiger partial charge is 0.243 e. The molecule has 16 heteroatoms. The molecule has 1 aromatic rings. The van der Waals surface area contributed by atoms with Crippen LogP contribution < -0.4 is 49.9 Å². The van der Waals surface area contributed by atoms with Crippen LogP contribution in [0.15, 0.2) is 34.3 Å². The summed E-state index contributed by atoms with van der Waals surface area (Å²) in [6.07, 6.45) is 2.70. The normalized spacial score (nSPS) is 12.6. The monoisotopic (exact) mass is 658 g/mol. The molecule has 0 saturated carbocycles. The Morgan fingerprint density at radius 2 is 1.32 bits per heavy atom. The summed E-state index contributed by atoms with van der Waals surface area (Å²) in [7, 11) is 0. The number of nitrogens with zero attached hydrogens (tertiary/aromatic N) is 2. The number of nitrogens with one attached hydrogen (secondary N) is 5. The van der Waals surface area contributed by atoms with Crippen molar-refractivity contribution in [2.24, 2.45) is 44.6 Å². The largest absolute Gasteiger partial charge is 0.370 e. The van der Waals surface area contributed by atoms with E-state index in [1.54, 1.807) is 32.9 Å². The van der Waals surface area contributed by atoms with Gasteiger partial charge in [0.2, 0.25) is 23.6 Å². The zero-order chi connectivity index (χ0) is 35.4. The minimum atomic E-state index is -1.01. The molecular formula is C31H54N12O4. The molecule has 1 unspecified atom stereocenters. The molecule has 1 rings (SSSR count). The van der Waals surface area contributed by atoms with E-state index in [1.165, 1.54) is 0 Å². The molecule has 0 aliphatic rings. The quantitative estimate of drug-likeness (QED) is 0.0416. The van der Waals surface area contributed by atoms with Crippen LogP contribution in [0.5, 0.6) is 0 Å². The van der Waals surface area contributed by atoms with Crippen LogP contribution in [0.4, 0.5) is 0 Å². The Bertz CT molecular complexity index is 1230. The molecule has 0 fully saturated rings. The van der Waals surface area contributed by atoms with Gasteiger partial charge in [-0.1, -0.05) is 38.1 Å². The van der Waals surface area contributed by atoms with Crippen LogP contribution in [0.3, 0.4) is 0 Å². The minimum absolute atomic E-state index is 0.0824. The molecule has 0 spiro atoms. The third-order valence-corrected chi connectivity index (χ3v) is 7.13. The van der Waals surface area contributed by atoms with Crippen LogP contribution in [0.2, 0.25) is 0 Å². The molecule has 0 aliphatic carbocycles. The number of nitrogens with two attached hydrogens (primary N) is 5. The van der Waals surface area contributed by atoms with E-state index in [-0.39, 0.29) is 62.6 Å². The Hall–Kier alpha value is -4.73. The Kier molecular flexibility index (Phi) is 18.8. The molecule has 0 bridgehead atoms. The Morgan fingerprint density at radius 1 is 0.766 bits per heavy atom. The first-order chi connectivity index (χ1) is 22.2. The fourth-order valence-corrected chi connectivity index (χ4v) is 4.48. The summed E-state index contributed by atoms with van der Waals surface area (Å²) in [6, 6.07) is 4.32. The van der Waals surface area contributed by atoms with Crippen molar-refractivity contribution in [2.75, 3.05) is 19.6 Å². The summed E-state index contributed by atoms with van der Waals surface area (Å²) in [6.45, 7) is 6.37. The maximum absolute atomic E-state index is 13.6. The van der Waals surface area contributed by atoms with Crippen LogP contribution in [-0.2, 0) is 25.7 Å². The number of benzene rings is 1. The summed E-state index contributed by atoms with van der Waals surface area (Å²) in [5, 5.41) is 18.9. The van der Waals surface area contributed by atoms with Gasteiger partial charge in [0.05, 0.1) is 0 Å². The molecular weight excluding hydrogens is 604 g/mol. The molecule has 15 N–H and O–H groups in total. The lowest BCUT2D eigenvalue weighted by molar-refractivity contribution is -0.134. The van der Waals surface area contributed by atoms with E-state index in [4.69, 9.17) is 34.1 Å². The highest BCUT2D eigenvalue weighted by atomic mass is 16.2. The first-order valence-electron chi connectivity index (χ1n) is 15.9. The Balaban J connectivity index is 3.06. The van der Waals surface area contributed by atoms with E-state index < -0.39 is 35.8 Å². The maximum Gasteiger partial charge on any atom is 0.243 e. The highest BCUT2D eigenvalue weighted by Crippen LogP contribution is 2.09. The Labute approximate surface area is 277 Å². The van der Waals surface area contributed by atoms with Gasteiger partial charge < -0.3 is 55.3 Å². The second-order valence-corrected chi connectivity index (χ2v) is 11.6. The predicted molar refractivity (Wildman–Crippen MR) is 184 cm³/mol. The molecule has 4 amide bonds. The first-order valence-corrected chi connectivity index (χ1v) is 15.9. The van der Waals surface area contributed by atoms with Crippen molar-refractivity contribution in [3.63, 3.8) is 0 Å². The van der Waals surface area contributed by atoms with Gasteiger partial charge in [0.15, 0.2) is 11.9 Å². The Morgan fingerprint density at radius 3 is 1.81 bits per heavy atom. The summed E-state index contributed by atoms with van der Waals surface area (Å²) < 4.78 is 0. The standard InChI is InChI=1S/C31H54N12O4/c1-19(2)26(43-28(46)24(9-7-17-39-31(36)37)41-25(44)10-4-5-15-32)29(47)42-23(8-6-16-38-30(34)35)27(45)40-18-21-11-13-22(14-12-21)20(3)33/h11-14,19,23-24,26,33H,4-10,15-18,32H2,1-3H3,(H,40,45)(H,41,44)(H,42,47)(H,43,46)(H4,34,35,38)(H4,36,37,39)/t23-,24-,26?/m0/s1. The van der Waals surface area contributed by atoms with Crippen molar-refractivity contribution in [1.82, 2.24) is 21.3 Å². The molecule has 3 atom stereocenters. The fourth-order valence-electron chi connectivity index (χ4n) is 4.48. The molecule has 0 radical (unpaired) electrons. The molecule has 1 aromatic carbocycles. The second kappa shape index (κ2) is 21.9. The average Bonchev–Trinajstić information content (AvgIpc) is 3.01. The van der Waals surface area contributed by atoms with Crippen molar-refractivity contribution in [3.05, 3.63) is 35.4 Å². The van der Waals surface area contributed by atoms with Gasteiger partial charge in [-0.3, -0.25) is 29.2 Å². The number of unbranched alkanes of at least 4 members (excludes halogenated alkanes) is 1. The van der Waals surface area contributed by atoms with E-state index in [0.717, 1.165) is 11.1 Å². The second-order valence-electron chi connectivity index (χ2n) is 11.6. The van der Waals surface area contributed by atoms with Crippen LogP contribution in [0.1, 0.15) is 76.8 Å². The number of aliphatic imine (C=N–C) groups is 2. The zero-order valence-electron chi connectivity index (χ0n) is 27.8. The van der Waals surface area contributed by atoms with E-state index in [0.29, 0.717) is 37.9 Å². The van der Waals surface area contributed by atoms with E-state index in [1.807, 2.05) is 12.1 Å². The highest BCUT2D eigenvalue weighted by Gasteiger charge is 2.31. The molecule has 0 heterocycles. The van der Waals surface area contributed by atoms with Gasteiger partial charge in [0, 0.05) is 31.8 Å².